The minimum atomic E-state index is -4.84. The Balaban J connectivity index is 1.49. The summed E-state index contributed by atoms with van der Waals surface area (Å²) in [5.41, 5.74) is 2.67. The minimum absolute atomic E-state index is 0.190. The maximum Gasteiger partial charge on any atom is 0.332 e. The van der Waals surface area contributed by atoms with Gasteiger partial charge in [-0.1, -0.05) is 36.4 Å². The van der Waals surface area contributed by atoms with Crippen LogP contribution in [0.2, 0.25) is 0 Å². The number of anilines is 1. The molecule has 0 saturated carbocycles. The summed E-state index contributed by atoms with van der Waals surface area (Å²) >= 11 is 0. The largest absolute Gasteiger partial charge is 0.332 e. The van der Waals surface area contributed by atoms with E-state index in [0.717, 1.165) is 29.0 Å². The van der Waals surface area contributed by atoms with Gasteiger partial charge in [0.15, 0.2) is 5.82 Å². The highest BCUT2D eigenvalue weighted by Crippen LogP contribution is 2.25. The van der Waals surface area contributed by atoms with Gasteiger partial charge >= 0.3 is 16.3 Å². The molecule has 1 aliphatic heterocycles. The number of carbonyl (C=O) groups is 1. The molecule has 2 heterocycles. The Labute approximate surface area is 161 Å². The molecule has 2 amide bonds. The van der Waals surface area contributed by atoms with Crippen molar-refractivity contribution < 1.29 is 17.1 Å². The van der Waals surface area contributed by atoms with Crippen molar-refractivity contribution in [3.8, 4) is 11.4 Å². The molecular weight excluding hydrogens is 383 g/mol. The topological polar surface area (TPSA) is 92.3 Å². The van der Waals surface area contributed by atoms with E-state index in [-0.39, 0.29) is 5.69 Å². The molecule has 1 N–H and O–H groups in total. The van der Waals surface area contributed by atoms with Crippen LogP contribution in [0.15, 0.2) is 65.7 Å². The van der Waals surface area contributed by atoms with Crippen LogP contribution in [-0.4, -0.2) is 29.3 Å². The molecule has 0 bridgehead atoms. The highest BCUT2D eigenvalue weighted by Gasteiger charge is 2.26. The Morgan fingerprint density at radius 3 is 2.61 bits per heavy atom. The van der Waals surface area contributed by atoms with Gasteiger partial charge < -0.3 is 10.2 Å². The van der Waals surface area contributed by atoms with E-state index in [0.29, 0.717) is 18.9 Å². The second-order valence-electron chi connectivity index (χ2n) is 6.28. The van der Waals surface area contributed by atoms with Gasteiger partial charge in [0.1, 0.15) is 4.90 Å². The number of nitrogens with zero attached hydrogens (tertiary/aromatic N) is 3. The van der Waals surface area contributed by atoms with Crippen LogP contribution in [0.4, 0.5) is 14.4 Å². The fraction of sp³-hybridized carbons (Fsp3) is 0.105. The molecule has 0 saturated heterocycles. The molecule has 4 rings (SSSR count). The first-order valence-electron chi connectivity index (χ1n) is 8.41. The SMILES string of the molecule is O=C(Nc1cccc(S(=O)(=O)F)c1)N1Cc2cnc(-c3ccccc3)nc2C1. The number of nitrogens with one attached hydrogen (secondary N) is 1. The monoisotopic (exact) mass is 398 g/mol. The van der Waals surface area contributed by atoms with Gasteiger partial charge in [0, 0.05) is 23.0 Å². The van der Waals surface area contributed by atoms with E-state index in [1.54, 1.807) is 6.20 Å². The number of fused-ring (bicyclic) bond motifs is 1. The smallest absolute Gasteiger partial charge is 0.314 e. The molecule has 1 aliphatic rings. The molecule has 0 unspecified atom stereocenters. The second kappa shape index (κ2) is 7.01. The molecule has 0 spiro atoms. The average molecular weight is 398 g/mol. The summed E-state index contributed by atoms with van der Waals surface area (Å²) in [5.74, 6) is 0.586. The van der Waals surface area contributed by atoms with Gasteiger partial charge in [0.05, 0.1) is 18.8 Å². The number of benzene rings is 2. The van der Waals surface area contributed by atoms with E-state index in [4.69, 9.17) is 0 Å². The van der Waals surface area contributed by atoms with Crippen LogP contribution in [0.1, 0.15) is 11.3 Å². The van der Waals surface area contributed by atoms with Crippen LogP contribution in [0.25, 0.3) is 11.4 Å². The first kappa shape index (κ1) is 18.1. The summed E-state index contributed by atoms with van der Waals surface area (Å²) in [5, 5.41) is 2.59. The van der Waals surface area contributed by atoms with E-state index < -0.39 is 21.1 Å². The number of rotatable bonds is 3. The molecule has 0 aliphatic carbocycles. The van der Waals surface area contributed by atoms with E-state index >= 15 is 0 Å². The van der Waals surface area contributed by atoms with Crippen LogP contribution >= 0.6 is 0 Å². The van der Waals surface area contributed by atoms with Crippen LogP contribution in [0, 0.1) is 0 Å². The Morgan fingerprint density at radius 1 is 1.07 bits per heavy atom. The first-order chi connectivity index (χ1) is 13.4. The number of urea groups is 1. The van der Waals surface area contributed by atoms with Crippen molar-refractivity contribution in [2.24, 2.45) is 0 Å². The Kier molecular flexibility index (Phi) is 4.52. The zero-order valence-corrected chi connectivity index (χ0v) is 15.4. The van der Waals surface area contributed by atoms with Crippen LogP contribution in [-0.2, 0) is 23.3 Å². The fourth-order valence-corrected chi connectivity index (χ4v) is 3.46. The summed E-state index contributed by atoms with van der Waals surface area (Å²) in [6, 6.07) is 14.1. The van der Waals surface area contributed by atoms with E-state index in [9.17, 15) is 17.1 Å². The third-order valence-corrected chi connectivity index (χ3v) is 5.16. The maximum absolute atomic E-state index is 13.1. The van der Waals surface area contributed by atoms with Crippen LogP contribution in [0.3, 0.4) is 0 Å². The van der Waals surface area contributed by atoms with E-state index in [1.165, 1.54) is 17.0 Å². The van der Waals surface area contributed by atoms with Crippen molar-refractivity contribution in [2.75, 3.05) is 5.32 Å². The van der Waals surface area contributed by atoms with Crippen molar-refractivity contribution in [3.63, 3.8) is 0 Å². The lowest BCUT2D eigenvalue weighted by Gasteiger charge is -2.16. The van der Waals surface area contributed by atoms with Gasteiger partial charge in [0.25, 0.3) is 0 Å². The molecule has 0 fully saturated rings. The van der Waals surface area contributed by atoms with E-state index in [2.05, 4.69) is 15.3 Å². The van der Waals surface area contributed by atoms with Gasteiger partial charge in [-0.05, 0) is 18.2 Å². The minimum Gasteiger partial charge on any atom is -0.314 e. The van der Waals surface area contributed by atoms with Gasteiger partial charge in [-0.3, -0.25) is 0 Å². The van der Waals surface area contributed by atoms with E-state index in [1.807, 2.05) is 30.3 Å². The lowest BCUT2D eigenvalue weighted by Crippen LogP contribution is -2.30. The normalized spacial score (nSPS) is 13.2. The summed E-state index contributed by atoms with van der Waals surface area (Å²) in [7, 11) is -4.84. The summed E-state index contributed by atoms with van der Waals surface area (Å²) < 4.78 is 35.2. The highest BCUT2D eigenvalue weighted by molar-refractivity contribution is 7.86. The number of amides is 2. The lowest BCUT2D eigenvalue weighted by molar-refractivity contribution is 0.212. The van der Waals surface area contributed by atoms with Crippen molar-refractivity contribution >= 4 is 21.9 Å². The molecule has 3 aromatic rings. The molecule has 9 heteroatoms. The Morgan fingerprint density at radius 2 is 1.86 bits per heavy atom. The van der Waals surface area contributed by atoms with Gasteiger partial charge in [-0.2, -0.15) is 8.42 Å². The van der Waals surface area contributed by atoms with Gasteiger partial charge in [-0.15, -0.1) is 3.89 Å². The van der Waals surface area contributed by atoms with Crippen LogP contribution in [0.5, 0.6) is 0 Å². The third-order valence-electron chi connectivity index (χ3n) is 4.34. The Hall–Kier alpha value is -3.33. The number of hydrogen-bond donors (Lipinski definition) is 1. The highest BCUT2D eigenvalue weighted by atomic mass is 32.3. The van der Waals surface area contributed by atoms with Crippen molar-refractivity contribution in [3.05, 3.63) is 72.1 Å². The molecule has 2 aromatic carbocycles. The predicted octanol–water partition coefficient (Wildman–Crippen LogP) is 3.35. The molecule has 0 radical (unpaired) electrons. The third kappa shape index (κ3) is 3.70. The fourth-order valence-electron chi connectivity index (χ4n) is 2.95. The number of aromatic nitrogens is 2. The molecule has 0 atom stereocenters. The zero-order valence-electron chi connectivity index (χ0n) is 14.5. The molecule has 28 heavy (non-hydrogen) atoms. The lowest BCUT2D eigenvalue weighted by atomic mass is 10.2. The second-order valence-corrected chi connectivity index (χ2v) is 7.63. The molecule has 7 nitrogen and oxygen atoms in total. The number of halogens is 1. The van der Waals surface area contributed by atoms with Crippen molar-refractivity contribution in [1.82, 2.24) is 14.9 Å². The van der Waals surface area contributed by atoms with Crippen molar-refractivity contribution in [2.45, 2.75) is 18.0 Å². The molecule has 1 aromatic heterocycles. The summed E-state index contributed by atoms with van der Waals surface area (Å²) in [6.45, 7) is 0.627. The average Bonchev–Trinajstić information content (AvgIpc) is 3.12. The number of hydrogen-bond acceptors (Lipinski definition) is 5. The maximum atomic E-state index is 13.1. The number of carbonyl (C=O) groups excluding carboxylic acids is 1. The molecular formula is C19H15FN4O3S. The Bertz CT molecular complexity index is 1150. The van der Waals surface area contributed by atoms with Gasteiger partial charge in [-0.25, -0.2) is 14.8 Å². The molecule has 142 valence electrons. The van der Waals surface area contributed by atoms with Gasteiger partial charge in [0.2, 0.25) is 0 Å². The van der Waals surface area contributed by atoms with Crippen molar-refractivity contribution in [1.29, 1.82) is 0 Å². The summed E-state index contributed by atoms with van der Waals surface area (Å²) in [6.07, 6.45) is 1.70. The zero-order chi connectivity index (χ0) is 19.7. The van der Waals surface area contributed by atoms with Crippen LogP contribution < -0.4 is 5.32 Å². The first-order valence-corrected chi connectivity index (χ1v) is 9.79. The summed E-state index contributed by atoms with van der Waals surface area (Å²) in [4.78, 5) is 22.4. The standard InChI is InChI=1S/C19H15FN4O3S/c20-28(26,27)16-8-4-7-15(9-16)22-19(25)24-11-14-10-21-18(23-17(14)12-24)13-5-2-1-3-6-13/h1-10H,11-12H2,(H,22,25). The quantitative estimate of drug-likeness (QED) is 0.683. The predicted molar refractivity (Wildman–Crippen MR) is 100 cm³/mol.